The van der Waals surface area contributed by atoms with E-state index in [4.69, 9.17) is 0 Å². The predicted octanol–water partition coefficient (Wildman–Crippen LogP) is 5.30. The van der Waals surface area contributed by atoms with Crippen LogP contribution in [-0.2, 0) is 0 Å². The van der Waals surface area contributed by atoms with Gasteiger partial charge in [0, 0.05) is 33.9 Å². The summed E-state index contributed by atoms with van der Waals surface area (Å²) in [6.07, 6.45) is 7.57. The molecule has 3 heterocycles. The minimum absolute atomic E-state index is 0.404. The van der Waals surface area contributed by atoms with Gasteiger partial charge in [-0.15, -0.1) is 0 Å². The molecule has 0 aliphatic rings. The second kappa shape index (κ2) is 5.10. The summed E-state index contributed by atoms with van der Waals surface area (Å²) in [4.78, 5) is 0. The molecule has 0 atom stereocenters. The first-order valence-electron chi connectivity index (χ1n) is 9.41. The number of hydrogen-bond acceptors (Lipinski definition) is 0. The number of fused-ring (bicyclic) bond motifs is 6. The van der Waals surface area contributed by atoms with Gasteiger partial charge < -0.3 is 13.5 Å². The lowest BCUT2D eigenvalue weighted by molar-refractivity contribution is -0.719. The van der Waals surface area contributed by atoms with Gasteiger partial charge in [-0.25, -0.2) is 0 Å². The SMILES string of the molecule is CC(C)[n+]1[c-]n(-c2ccc3c(c2)c2cccc4c5ccccc5n3c42)cc1. The van der Waals surface area contributed by atoms with Crippen LogP contribution in [0.2, 0.25) is 0 Å². The van der Waals surface area contributed by atoms with Gasteiger partial charge in [0.05, 0.1) is 28.3 Å². The summed E-state index contributed by atoms with van der Waals surface area (Å²) in [5.74, 6) is 0. The topological polar surface area (TPSA) is 13.2 Å². The van der Waals surface area contributed by atoms with E-state index in [1.807, 2.05) is 0 Å². The molecule has 0 radical (unpaired) electrons. The molecule has 0 unspecified atom stereocenters. The van der Waals surface area contributed by atoms with Gasteiger partial charge in [0.25, 0.3) is 0 Å². The summed E-state index contributed by atoms with van der Waals surface area (Å²) in [7, 11) is 0. The third-order valence-corrected chi connectivity index (χ3v) is 5.64. The summed E-state index contributed by atoms with van der Waals surface area (Å²) in [5.41, 5.74) is 4.99. The van der Waals surface area contributed by atoms with E-state index in [9.17, 15) is 0 Å². The van der Waals surface area contributed by atoms with Crippen LogP contribution in [0, 0.1) is 6.33 Å². The van der Waals surface area contributed by atoms with Crippen molar-refractivity contribution in [1.29, 1.82) is 0 Å². The van der Waals surface area contributed by atoms with Crippen LogP contribution in [0.5, 0.6) is 0 Å². The second-order valence-electron chi connectivity index (χ2n) is 7.52. The maximum Gasteiger partial charge on any atom is 0.243 e. The van der Waals surface area contributed by atoms with Crippen LogP contribution < -0.4 is 4.57 Å². The molecule has 0 saturated heterocycles. The standard InChI is InChI=1S/C24H19N3/c1-16(2)25-12-13-26(15-25)17-10-11-23-21(14-17)20-8-5-7-19-18-6-3-4-9-22(18)27(23)24(19)20/h3-14,16H,1-2H3. The van der Waals surface area contributed by atoms with Crippen molar-refractivity contribution >= 4 is 38.1 Å². The molecule has 0 aliphatic carbocycles. The molecule has 6 rings (SSSR count). The van der Waals surface area contributed by atoms with Crippen molar-refractivity contribution in [3.63, 3.8) is 0 Å². The number of rotatable bonds is 2. The summed E-state index contributed by atoms with van der Waals surface area (Å²) in [6.45, 7) is 4.34. The number of para-hydroxylation sites is 2. The number of hydrogen-bond donors (Lipinski definition) is 0. The highest BCUT2D eigenvalue weighted by molar-refractivity contribution is 6.23. The third kappa shape index (κ3) is 1.89. The van der Waals surface area contributed by atoms with Crippen molar-refractivity contribution in [1.82, 2.24) is 8.97 Å². The summed E-state index contributed by atoms with van der Waals surface area (Å²) in [5, 5.41) is 5.24. The normalized spacial score (nSPS) is 12.4. The van der Waals surface area contributed by atoms with Gasteiger partial charge in [-0.2, -0.15) is 0 Å². The van der Waals surface area contributed by atoms with Crippen LogP contribution in [0.4, 0.5) is 0 Å². The Morgan fingerprint density at radius 2 is 1.56 bits per heavy atom. The molecule has 3 heteroatoms. The van der Waals surface area contributed by atoms with Gasteiger partial charge in [-0.1, -0.05) is 42.5 Å². The summed E-state index contributed by atoms with van der Waals surface area (Å²) in [6, 6.07) is 22.4. The maximum atomic E-state index is 3.42. The minimum atomic E-state index is 0.404. The van der Waals surface area contributed by atoms with E-state index in [2.05, 4.69) is 107 Å². The Kier molecular flexibility index (Phi) is 2.80. The first-order valence-corrected chi connectivity index (χ1v) is 9.41. The Balaban J connectivity index is 1.71. The van der Waals surface area contributed by atoms with Crippen molar-refractivity contribution in [3.05, 3.63) is 79.4 Å². The molecule has 0 bridgehead atoms. The van der Waals surface area contributed by atoms with Crippen molar-refractivity contribution in [2.75, 3.05) is 0 Å². The summed E-state index contributed by atoms with van der Waals surface area (Å²) < 4.78 is 6.59. The highest BCUT2D eigenvalue weighted by Crippen LogP contribution is 2.39. The highest BCUT2D eigenvalue weighted by atomic mass is 15.1. The zero-order valence-corrected chi connectivity index (χ0v) is 15.3. The molecule has 130 valence electrons. The van der Waals surface area contributed by atoms with Crippen LogP contribution in [0.1, 0.15) is 19.9 Å². The molecule has 0 amide bonds. The van der Waals surface area contributed by atoms with Crippen LogP contribution >= 0.6 is 0 Å². The van der Waals surface area contributed by atoms with E-state index < -0.39 is 0 Å². The number of imidazole rings is 1. The molecule has 0 aliphatic heterocycles. The first-order chi connectivity index (χ1) is 13.2. The maximum absolute atomic E-state index is 3.42. The highest BCUT2D eigenvalue weighted by Gasteiger charge is 2.16. The molecule has 3 nitrogen and oxygen atoms in total. The van der Waals surface area contributed by atoms with Gasteiger partial charge in [-0.05, 0) is 32.0 Å². The van der Waals surface area contributed by atoms with E-state index in [1.54, 1.807) is 0 Å². The molecule has 6 aromatic rings. The number of nitrogens with zero attached hydrogens (tertiary/aromatic N) is 3. The molecule has 0 spiro atoms. The molecular formula is C24H19N3. The van der Waals surface area contributed by atoms with E-state index in [0.717, 1.165) is 5.69 Å². The van der Waals surface area contributed by atoms with E-state index in [1.165, 1.54) is 38.1 Å². The number of benzene rings is 3. The van der Waals surface area contributed by atoms with E-state index in [0.29, 0.717) is 6.04 Å². The van der Waals surface area contributed by atoms with E-state index >= 15 is 0 Å². The Bertz CT molecular complexity index is 1450. The zero-order valence-electron chi connectivity index (χ0n) is 15.3. The van der Waals surface area contributed by atoms with Crippen LogP contribution in [0.15, 0.2) is 73.1 Å². The minimum Gasteiger partial charge on any atom is -0.326 e. The molecule has 3 aromatic heterocycles. The quantitative estimate of drug-likeness (QED) is 0.297. The van der Waals surface area contributed by atoms with E-state index in [-0.39, 0.29) is 0 Å². The molecular weight excluding hydrogens is 330 g/mol. The number of aromatic nitrogens is 3. The third-order valence-electron chi connectivity index (χ3n) is 5.64. The van der Waals surface area contributed by atoms with Gasteiger partial charge in [0.2, 0.25) is 6.33 Å². The smallest absolute Gasteiger partial charge is 0.243 e. The Hall–Kier alpha value is -3.33. The van der Waals surface area contributed by atoms with Crippen LogP contribution in [-0.4, -0.2) is 8.97 Å². The monoisotopic (exact) mass is 349 g/mol. The van der Waals surface area contributed by atoms with Gasteiger partial charge >= 0.3 is 0 Å². The fourth-order valence-electron chi connectivity index (χ4n) is 4.33. The van der Waals surface area contributed by atoms with Gasteiger partial charge in [-0.3, -0.25) is 0 Å². The van der Waals surface area contributed by atoms with Crippen molar-refractivity contribution in [3.8, 4) is 5.69 Å². The second-order valence-corrected chi connectivity index (χ2v) is 7.52. The molecule has 0 saturated carbocycles. The van der Waals surface area contributed by atoms with Crippen LogP contribution in [0.25, 0.3) is 43.8 Å². The Morgan fingerprint density at radius 3 is 2.37 bits per heavy atom. The lowest BCUT2D eigenvalue weighted by atomic mass is 10.1. The average Bonchev–Trinajstić information content (AvgIpc) is 3.39. The lowest BCUT2D eigenvalue weighted by Gasteiger charge is -2.05. The fourth-order valence-corrected chi connectivity index (χ4v) is 4.33. The van der Waals surface area contributed by atoms with Gasteiger partial charge in [0.15, 0.2) is 0 Å². The fraction of sp³-hybridized carbons (Fsp3) is 0.125. The Morgan fingerprint density at radius 1 is 0.815 bits per heavy atom. The van der Waals surface area contributed by atoms with Crippen molar-refractivity contribution in [2.45, 2.75) is 19.9 Å². The van der Waals surface area contributed by atoms with Crippen molar-refractivity contribution in [2.24, 2.45) is 0 Å². The Labute approximate surface area is 157 Å². The largest absolute Gasteiger partial charge is 0.326 e. The molecule has 27 heavy (non-hydrogen) atoms. The first kappa shape index (κ1) is 14.8. The van der Waals surface area contributed by atoms with Crippen LogP contribution in [0.3, 0.4) is 0 Å². The predicted molar refractivity (Wildman–Crippen MR) is 110 cm³/mol. The van der Waals surface area contributed by atoms with Gasteiger partial charge in [0.1, 0.15) is 0 Å². The molecule has 0 N–H and O–H groups in total. The average molecular weight is 349 g/mol. The lowest BCUT2D eigenvalue weighted by Crippen LogP contribution is -2.33. The molecule has 0 fully saturated rings. The van der Waals surface area contributed by atoms with Crippen molar-refractivity contribution < 1.29 is 4.57 Å². The zero-order chi connectivity index (χ0) is 18.1. The molecule has 3 aromatic carbocycles. The summed E-state index contributed by atoms with van der Waals surface area (Å²) >= 11 is 0.